The summed E-state index contributed by atoms with van der Waals surface area (Å²) in [6.07, 6.45) is -0.395. The highest BCUT2D eigenvalue weighted by atomic mass is 16.6. The molecule has 0 saturated heterocycles. The van der Waals surface area contributed by atoms with E-state index >= 15 is 0 Å². The number of benzene rings is 1. The Morgan fingerprint density at radius 3 is 2.67 bits per heavy atom. The standard InChI is InChI=1S/C14H17NO3/c1-2-15(12-13-8-4-3-5-9-13)14(17)18-11-7-6-10-16/h3-5,8-9,16H,2,10-12H2,1H3. The van der Waals surface area contributed by atoms with Crippen LogP contribution in [0.1, 0.15) is 12.5 Å². The lowest BCUT2D eigenvalue weighted by Gasteiger charge is -2.19. The van der Waals surface area contributed by atoms with E-state index in [1.165, 1.54) is 0 Å². The number of amides is 1. The minimum absolute atomic E-state index is 0.00465. The quantitative estimate of drug-likeness (QED) is 0.823. The van der Waals surface area contributed by atoms with E-state index in [9.17, 15) is 4.79 Å². The number of carbonyl (C=O) groups excluding carboxylic acids is 1. The fraction of sp³-hybridized carbons (Fsp3) is 0.357. The number of hydrogen-bond donors (Lipinski definition) is 1. The van der Waals surface area contributed by atoms with Gasteiger partial charge in [-0.15, -0.1) is 0 Å². The molecule has 0 spiro atoms. The summed E-state index contributed by atoms with van der Waals surface area (Å²) in [5, 5.41) is 8.46. The Hall–Kier alpha value is -1.99. The van der Waals surface area contributed by atoms with Gasteiger partial charge in [0.15, 0.2) is 6.61 Å². The average Bonchev–Trinajstić information content (AvgIpc) is 2.42. The second-order valence-corrected chi connectivity index (χ2v) is 3.57. The highest BCUT2D eigenvalue weighted by Gasteiger charge is 2.12. The first kappa shape index (κ1) is 14.1. The number of aliphatic hydroxyl groups is 1. The lowest BCUT2D eigenvalue weighted by atomic mass is 10.2. The minimum Gasteiger partial charge on any atom is -0.436 e. The molecule has 1 aromatic rings. The molecule has 1 N–H and O–H groups in total. The molecule has 0 bridgehead atoms. The zero-order chi connectivity index (χ0) is 13.2. The number of nitrogens with zero attached hydrogens (tertiary/aromatic N) is 1. The van der Waals surface area contributed by atoms with Crippen LogP contribution in [0.15, 0.2) is 30.3 Å². The van der Waals surface area contributed by atoms with E-state index in [2.05, 4.69) is 11.8 Å². The molecule has 0 aromatic heterocycles. The molecule has 0 atom stereocenters. The molecule has 4 heteroatoms. The molecule has 18 heavy (non-hydrogen) atoms. The van der Waals surface area contributed by atoms with E-state index in [4.69, 9.17) is 9.84 Å². The predicted molar refractivity (Wildman–Crippen MR) is 68.7 cm³/mol. The van der Waals surface area contributed by atoms with Crippen molar-refractivity contribution in [2.45, 2.75) is 13.5 Å². The fourth-order valence-electron chi connectivity index (χ4n) is 1.41. The lowest BCUT2D eigenvalue weighted by molar-refractivity contribution is 0.113. The summed E-state index contributed by atoms with van der Waals surface area (Å²) in [6, 6.07) is 9.72. The van der Waals surface area contributed by atoms with Gasteiger partial charge in [0.1, 0.15) is 6.61 Å². The maximum atomic E-state index is 11.7. The second-order valence-electron chi connectivity index (χ2n) is 3.57. The molecule has 1 rings (SSSR count). The van der Waals surface area contributed by atoms with Gasteiger partial charge < -0.3 is 14.7 Å². The van der Waals surface area contributed by atoms with Gasteiger partial charge in [-0.2, -0.15) is 0 Å². The lowest BCUT2D eigenvalue weighted by Crippen LogP contribution is -2.31. The molecule has 4 nitrogen and oxygen atoms in total. The molecule has 1 aromatic carbocycles. The molecule has 0 fully saturated rings. The van der Waals surface area contributed by atoms with Gasteiger partial charge in [0, 0.05) is 13.1 Å². The van der Waals surface area contributed by atoms with E-state index in [1.807, 2.05) is 37.3 Å². The van der Waals surface area contributed by atoms with E-state index in [0.717, 1.165) is 5.56 Å². The van der Waals surface area contributed by atoms with Gasteiger partial charge in [-0.25, -0.2) is 4.79 Å². The highest BCUT2D eigenvalue weighted by molar-refractivity contribution is 5.67. The molecular formula is C14H17NO3. The number of carbonyl (C=O) groups is 1. The maximum absolute atomic E-state index is 11.7. The largest absolute Gasteiger partial charge is 0.436 e. The molecular weight excluding hydrogens is 230 g/mol. The molecule has 0 radical (unpaired) electrons. The Kier molecular flexibility index (Phi) is 6.37. The number of aliphatic hydroxyl groups excluding tert-OH is 1. The van der Waals surface area contributed by atoms with Crippen LogP contribution >= 0.6 is 0 Å². The molecule has 0 unspecified atom stereocenters. The van der Waals surface area contributed by atoms with Crippen LogP contribution in [0.5, 0.6) is 0 Å². The zero-order valence-electron chi connectivity index (χ0n) is 10.4. The average molecular weight is 247 g/mol. The van der Waals surface area contributed by atoms with E-state index in [0.29, 0.717) is 13.1 Å². The van der Waals surface area contributed by atoms with Crippen LogP contribution in [-0.4, -0.2) is 35.9 Å². The van der Waals surface area contributed by atoms with Crippen molar-refractivity contribution in [1.82, 2.24) is 4.90 Å². The van der Waals surface area contributed by atoms with Gasteiger partial charge in [-0.1, -0.05) is 42.2 Å². The van der Waals surface area contributed by atoms with Crippen molar-refractivity contribution in [3.63, 3.8) is 0 Å². The summed E-state index contributed by atoms with van der Waals surface area (Å²) in [5.41, 5.74) is 1.05. The van der Waals surface area contributed by atoms with Crippen molar-refractivity contribution in [2.24, 2.45) is 0 Å². The maximum Gasteiger partial charge on any atom is 0.411 e. The number of rotatable bonds is 4. The molecule has 0 heterocycles. The second kappa shape index (κ2) is 8.15. The predicted octanol–water partition coefficient (Wildman–Crippen LogP) is 1.64. The Labute approximate surface area is 107 Å². The third-order valence-electron chi connectivity index (χ3n) is 2.33. The van der Waals surface area contributed by atoms with Crippen LogP contribution in [0.2, 0.25) is 0 Å². The summed E-state index contributed by atoms with van der Waals surface area (Å²) < 4.78 is 4.97. The topological polar surface area (TPSA) is 49.8 Å². The first-order valence-electron chi connectivity index (χ1n) is 5.80. The molecule has 0 aliphatic heterocycles. The van der Waals surface area contributed by atoms with Gasteiger partial charge in [0.05, 0.1) is 0 Å². The van der Waals surface area contributed by atoms with Crippen LogP contribution in [0, 0.1) is 11.8 Å². The first-order valence-corrected chi connectivity index (χ1v) is 5.80. The van der Waals surface area contributed by atoms with E-state index < -0.39 is 6.09 Å². The normalized spacial score (nSPS) is 9.22. The van der Waals surface area contributed by atoms with Gasteiger partial charge in [0.25, 0.3) is 0 Å². The fourth-order valence-corrected chi connectivity index (χ4v) is 1.41. The van der Waals surface area contributed by atoms with Crippen molar-refractivity contribution < 1.29 is 14.6 Å². The zero-order valence-corrected chi connectivity index (χ0v) is 10.4. The van der Waals surface area contributed by atoms with E-state index in [1.54, 1.807) is 4.90 Å². The van der Waals surface area contributed by atoms with Crippen molar-refractivity contribution in [2.75, 3.05) is 19.8 Å². The molecule has 0 saturated carbocycles. The number of hydrogen-bond acceptors (Lipinski definition) is 3. The monoisotopic (exact) mass is 247 g/mol. The molecule has 96 valence electrons. The summed E-state index contributed by atoms with van der Waals surface area (Å²) in [5.74, 6) is 4.96. The smallest absolute Gasteiger partial charge is 0.411 e. The number of ether oxygens (including phenoxy) is 1. The van der Waals surface area contributed by atoms with Crippen LogP contribution in [0.25, 0.3) is 0 Å². The van der Waals surface area contributed by atoms with Gasteiger partial charge in [-0.3, -0.25) is 0 Å². The van der Waals surface area contributed by atoms with Crippen molar-refractivity contribution in [1.29, 1.82) is 0 Å². The van der Waals surface area contributed by atoms with Crippen LogP contribution in [0.3, 0.4) is 0 Å². The summed E-state index contributed by atoms with van der Waals surface area (Å²) >= 11 is 0. The molecule has 0 aliphatic rings. The Morgan fingerprint density at radius 1 is 1.33 bits per heavy atom. The summed E-state index contributed by atoms with van der Waals surface area (Å²) in [4.78, 5) is 13.3. The summed E-state index contributed by atoms with van der Waals surface area (Å²) in [6.45, 7) is 2.76. The third kappa shape index (κ3) is 4.89. The van der Waals surface area contributed by atoms with Gasteiger partial charge in [0.2, 0.25) is 0 Å². The minimum atomic E-state index is -0.395. The molecule has 0 aliphatic carbocycles. The van der Waals surface area contributed by atoms with E-state index in [-0.39, 0.29) is 13.2 Å². The Bertz CT molecular complexity index is 420. The summed E-state index contributed by atoms with van der Waals surface area (Å²) in [7, 11) is 0. The first-order chi connectivity index (χ1) is 8.77. The third-order valence-corrected chi connectivity index (χ3v) is 2.33. The van der Waals surface area contributed by atoms with Crippen LogP contribution in [-0.2, 0) is 11.3 Å². The van der Waals surface area contributed by atoms with Gasteiger partial charge >= 0.3 is 6.09 Å². The highest BCUT2D eigenvalue weighted by Crippen LogP contribution is 2.05. The SMILES string of the molecule is CCN(Cc1ccccc1)C(=O)OCC#CCO. The van der Waals surface area contributed by atoms with Crippen molar-refractivity contribution in [3.05, 3.63) is 35.9 Å². The van der Waals surface area contributed by atoms with Crippen molar-refractivity contribution in [3.8, 4) is 11.8 Å². The Morgan fingerprint density at radius 2 is 2.06 bits per heavy atom. The van der Waals surface area contributed by atoms with Crippen LogP contribution < -0.4 is 0 Å². The molecule has 1 amide bonds. The van der Waals surface area contributed by atoms with Gasteiger partial charge in [-0.05, 0) is 12.5 Å². The Balaban J connectivity index is 2.47. The van der Waals surface area contributed by atoms with Crippen LogP contribution in [0.4, 0.5) is 4.79 Å². The van der Waals surface area contributed by atoms with Crippen molar-refractivity contribution >= 4 is 6.09 Å².